The Morgan fingerprint density at radius 1 is 1.07 bits per heavy atom. The molecule has 3 aromatic carbocycles. The molecule has 0 atom stereocenters. The quantitative estimate of drug-likeness (QED) is 0.444. The van der Waals surface area contributed by atoms with Crippen molar-refractivity contribution in [3.8, 4) is 17.6 Å². The van der Waals surface area contributed by atoms with Gasteiger partial charge in [-0.3, -0.25) is 14.5 Å². The van der Waals surface area contributed by atoms with Gasteiger partial charge in [0.2, 0.25) is 0 Å². The predicted molar refractivity (Wildman–Crippen MR) is 111 cm³/mol. The normalized spacial score (nSPS) is 12.7. The van der Waals surface area contributed by atoms with Crippen molar-refractivity contribution in [1.82, 2.24) is 4.90 Å². The van der Waals surface area contributed by atoms with Crippen LogP contribution in [0.15, 0.2) is 59.1 Å². The van der Waals surface area contributed by atoms with Gasteiger partial charge < -0.3 is 4.74 Å². The first-order valence-electron chi connectivity index (χ1n) is 8.69. The van der Waals surface area contributed by atoms with Gasteiger partial charge in [0.05, 0.1) is 33.8 Å². The number of imide groups is 1. The standard InChI is InChI=1S/C22H11BrClFN2O3/c23-18-6-5-13(11-27-21(28)16-3-1-2-4-17(16)22(27)29)19(25)20(18)30-15-8-12(10-26)7-14(24)9-15/h1-9H,11H2. The van der Waals surface area contributed by atoms with Crippen LogP contribution in [0.2, 0.25) is 5.02 Å². The summed E-state index contributed by atoms with van der Waals surface area (Å²) in [5, 5.41) is 9.34. The first-order valence-corrected chi connectivity index (χ1v) is 9.87. The minimum absolute atomic E-state index is 0.102. The minimum Gasteiger partial charge on any atom is -0.453 e. The first-order chi connectivity index (χ1) is 14.4. The highest BCUT2D eigenvalue weighted by Gasteiger charge is 2.35. The Balaban J connectivity index is 1.66. The Bertz CT molecular complexity index is 1220. The Morgan fingerprint density at radius 2 is 1.73 bits per heavy atom. The van der Waals surface area contributed by atoms with E-state index < -0.39 is 17.6 Å². The van der Waals surface area contributed by atoms with Gasteiger partial charge >= 0.3 is 0 Å². The van der Waals surface area contributed by atoms with Crippen LogP contribution in [0, 0.1) is 17.1 Å². The third kappa shape index (κ3) is 3.56. The maximum absolute atomic E-state index is 15.2. The Kier molecular flexibility index (Phi) is 5.29. The van der Waals surface area contributed by atoms with Gasteiger partial charge in [0, 0.05) is 10.6 Å². The van der Waals surface area contributed by atoms with Crippen LogP contribution in [0.3, 0.4) is 0 Å². The number of amides is 2. The summed E-state index contributed by atoms with van der Waals surface area (Å²) in [6.45, 7) is -0.249. The van der Waals surface area contributed by atoms with E-state index in [0.29, 0.717) is 15.6 Å². The molecule has 0 fully saturated rings. The Hall–Kier alpha value is -3.21. The first kappa shape index (κ1) is 20.1. The summed E-state index contributed by atoms with van der Waals surface area (Å²) in [4.78, 5) is 26.1. The summed E-state index contributed by atoms with van der Waals surface area (Å²) in [6, 6.07) is 15.8. The van der Waals surface area contributed by atoms with Gasteiger partial charge in [-0.05, 0) is 52.3 Å². The minimum atomic E-state index is -0.737. The molecule has 1 heterocycles. The smallest absolute Gasteiger partial charge is 0.261 e. The molecule has 0 radical (unpaired) electrons. The van der Waals surface area contributed by atoms with Crippen LogP contribution in [0.4, 0.5) is 4.39 Å². The number of hydrogen-bond acceptors (Lipinski definition) is 4. The molecule has 0 aromatic heterocycles. The molecule has 2 amide bonds. The van der Waals surface area contributed by atoms with Crippen LogP contribution in [-0.4, -0.2) is 16.7 Å². The molecule has 0 saturated heterocycles. The van der Waals surface area contributed by atoms with Crippen LogP contribution in [0.5, 0.6) is 11.5 Å². The number of hydrogen-bond donors (Lipinski definition) is 0. The fraction of sp³-hybridized carbons (Fsp3) is 0.0455. The zero-order valence-corrected chi connectivity index (χ0v) is 17.5. The number of carbonyl (C=O) groups excluding carboxylic acids is 2. The number of rotatable bonds is 4. The predicted octanol–water partition coefficient (Wildman–Crippen LogP) is 5.70. The molecule has 0 saturated carbocycles. The lowest BCUT2D eigenvalue weighted by Crippen LogP contribution is -2.29. The van der Waals surface area contributed by atoms with Gasteiger partial charge in [-0.15, -0.1) is 0 Å². The van der Waals surface area contributed by atoms with Crippen LogP contribution >= 0.6 is 27.5 Å². The summed E-state index contributed by atoms with van der Waals surface area (Å²) >= 11 is 9.22. The maximum Gasteiger partial charge on any atom is 0.261 e. The fourth-order valence-corrected chi connectivity index (χ4v) is 3.76. The van der Waals surface area contributed by atoms with Crippen molar-refractivity contribution < 1.29 is 18.7 Å². The number of nitrogens with zero attached hydrogens (tertiary/aromatic N) is 2. The van der Waals surface area contributed by atoms with Crippen molar-refractivity contribution >= 4 is 39.3 Å². The molecule has 148 valence electrons. The second-order valence-corrected chi connectivity index (χ2v) is 7.77. The van der Waals surface area contributed by atoms with Gasteiger partial charge in [0.1, 0.15) is 5.75 Å². The van der Waals surface area contributed by atoms with Crippen molar-refractivity contribution in [2.75, 3.05) is 0 Å². The van der Waals surface area contributed by atoms with E-state index in [1.165, 1.54) is 24.3 Å². The van der Waals surface area contributed by atoms with E-state index in [0.717, 1.165) is 4.90 Å². The Morgan fingerprint density at radius 3 is 2.37 bits per heavy atom. The van der Waals surface area contributed by atoms with Crippen molar-refractivity contribution in [1.29, 1.82) is 5.26 Å². The zero-order chi connectivity index (χ0) is 21.4. The largest absolute Gasteiger partial charge is 0.453 e. The highest BCUT2D eigenvalue weighted by atomic mass is 79.9. The molecule has 0 unspecified atom stereocenters. The third-order valence-corrected chi connectivity index (χ3v) is 5.40. The molecule has 0 spiro atoms. The summed E-state index contributed by atoms with van der Waals surface area (Å²) < 4.78 is 21.2. The molecular formula is C22H11BrClFN2O3. The monoisotopic (exact) mass is 484 g/mol. The lowest BCUT2D eigenvalue weighted by atomic mass is 10.1. The highest BCUT2D eigenvalue weighted by Crippen LogP contribution is 2.36. The van der Waals surface area contributed by atoms with E-state index in [-0.39, 0.29) is 34.2 Å². The van der Waals surface area contributed by atoms with Gasteiger partial charge in [-0.2, -0.15) is 5.26 Å². The topological polar surface area (TPSA) is 70.4 Å². The van der Waals surface area contributed by atoms with Crippen LogP contribution < -0.4 is 4.74 Å². The Labute approximate surface area is 184 Å². The van der Waals surface area contributed by atoms with Gasteiger partial charge in [0.25, 0.3) is 11.8 Å². The zero-order valence-electron chi connectivity index (χ0n) is 15.2. The summed E-state index contributed by atoms with van der Waals surface area (Å²) in [5.74, 6) is -1.66. The van der Waals surface area contributed by atoms with Gasteiger partial charge in [-0.1, -0.05) is 29.8 Å². The number of carbonyl (C=O) groups is 2. The molecule has 8 heteroatoms. The van der Waals surface area contributed by atoms with Gasteiger partial charge in [0.15, 0.2) is 11.6 Å². The number of benzene rings is 3. The molecule has 4 rings (SSSR count). The van der Waals surface area contributed by atoms with Crippen LogP contribution in [0.1, 0.15) is 31.8 Å². The van der Waals surface area contributed by atoms with E-state index in [2.05, 4.69) is 15.9 Å². The SMILES string of the molecule is N#Cc1cc(Cl)cc(Oc2c(Br)ccc(CN3C(=O)c4ccccc4C3=O)c2F)c1. The third-order valence-electron chi connectivity index (χ3n) is 4.56. The van der Waals surface area contributed by atoms with Crippen molar-refractivity contribution in [2.45, 2.75) is 6.54 Å². The molecular weight excluding hydrogens is 475 g/mol. The van der Waals surface area contributed by atoms with E-state index in [1.807, 2.05) is 6.07 Å². The van der Waals surface area contributed by atoms with Crippen molar-refractivity contribution in [3.63, 3.8) is 0 Å². The summed E-state index contributed by atoms with van der Waals surface area (Å²) in [5.41, 5.74) is 0.945. The number of halogens is 3. The lowest BCUT2D eigenvalue weighted by molar-refractivity contribution is 0.0640. The molecule has 30 heavy (non-hydrogen) atoms. The lowest BCUT2D eigenvalue weighted by Gasteiger charge is -2.17. The van der Waals surface area contributed by atoms with E-state index >= 15 is 4.39 Å². The number of nitriles is 1. The van der Waals surface area contributed by atoms with Crippen molar-refractivity contribution in [3.05, 3.63) is 92.2 Å². The molecule has 0 aliphatic carbocycles. The second kappa shape index (κ2) is 7.90. The second-order valence-electron chi connectivity index (χ2n) is 6.48. The maximum atomic E-state index is 15.2. The molecule has 1 aliphatic heterocycles. The van der Waals surface area contributed by atoms with Crippen LogP contribution in [0.25, 0.3) is 0 Å². The molecule has 5 nitrogen and oxygen atoms in total. The summed E-state index contributed by atoms with van der Waals surface area (Å²) in [7, 11) is 0. The molecule has 0 bridgehead atoms. The van der Waals surface area contributed by atoms with E-state index in [1.54, 1.807) is 30.3 Å². The van der Waals surface area contributed by atoms with E-state index in [9.17, 15) is 9.59 Å². The van der Waals surface area contributed by atoms with Gasteiger partial charge in [-0.25, -0.2) is 4.39 Å². The number of fused-ring (bicyclic) bond motifs is 1. The number of ether oxygens (including phenoxy) is 1. The van der Waals surface area contributed by atoms with Crippen LogP contribution in [-0.2, 0) is 6.54 Å². The molecule has 0 N–H and O–H groups in total. The van der Waals surface area contributed by atoms with Crippen molar-refractivity contribution in [2.24, 2.45) is 0 Å². The fourth-order valence-electron chi connectivity index (χ4n) is 3.15. The average Bonchev–Trinajstić information content (AvgIpc) is 2.97. The van der Waals surface area contributed by atoms with E-state index in [4.69, 9.17) is 21.6 Å². The summed E-state index contributed by atoms with van der Waals surface area (Å²) in [6.07, 6.45) is 0. The average molecular weight is 486 g/mol. The highest BCUT2D eigenvalue weighted by molar-refractivity contribution is 9.10. The molecule has 3 aromatic rings. The molecule has 1 aliphatic rings.